The van der Waals surface area contributed by atoms with Gasteiger partial charge < -0.3 is 15.5 Å². The van der Waals surface area contributed by atoms with Gasteiger partial charge in [0.25, 0.3) is 0 Å². The number of thioether (sulfide) groups is 1. The minimum absolute atomic E-state index is 0.319. The molecule has 3 nitrogen and oxygen atoms in total. The van der Waals surface area contributed by atoms with E-state index in [1.807, 2.05) is 0 Å². The molecule has 3 N–H and O–H groups in total. The molecule has 94 valence electrons. The summed E-state index contributed by atoms with van der Waals surface area (Å²) in [6, 6.07) is 3.22. The summed E-state index contributed by atoms with van der Waals surface area (Å²) in [5.41, 5.74) is 0. The van der Waals surface area contributed by atoms with Crippen molar-refractivity contribution in [1.29, 1.82) is 0 Å². The monoisotopic (exact) mass is 261 g/mol. The molecule has 0 aromatic heterocycles. The van der Waals surface area contributed by atoms with Crippen molar-refractivity contribution in [3.8, 4) is 0 Å². The van der Waals surface area contributed by atoms with Crippen molar-refractivity contribution in [2.75, 3.05) is 13.1 Å². The van der Waals surface area contributed by atoms with Crippen LogP contribution in [0.5, 0.6) is 0 Å². The fourth-order valence-electron chi connectivity index (χ4n) is 1.75. The van der Waals surface area contributed by atoms with E-state index >= 15 is 0 Å². The SMILES string of the molecule is OC1CNCC(Sc2cc(F)cc(F)c2)C1O. The lowest BCUT2D eigenvalue weighted by Crippen LogP contribution is -2.52. The first kappa shape index (κ1) is 12.8. The summed E-state index contributed by atoms with van der Waals surface area (Å²) in [6.07, 6.45) is -1.74. The fourth-order valence-corrected chi connectivity index (χ4v) is 2.98. The summed E-state index contributed by atoms with van der Waals surface area (Å²) in [5, 5.41) is 21.8. The molecule has 1 aromatic rings. The molecular formula is C11H13F2NO2S. The zero-order chi connectivity index (χ0) is 12.4. The van der Waals surface area contributed by atoms with E-state index in [4.69, 9.17) is 0 Å². The molecule has 1 aromatic carbocycles. The third kappa shape index (κ3) is 3.16. The summed E-state index contributed by atoms with van der Waals surface area (Å²) in [5.74, 6) is -1.29. The summed E-state index contributed by atoms with van der Waals surface area (Å²) in [7, 11) is 0. The maximum atomic E-state index is 13.0. The molecule has 1 aliphatic heterocycles. The Kier molecular flexibility index (Phi) is 3.98. The second-order valence-electron chi connectivity index (χ2n) is 3.98. The zero-order valence-corrected chi connectivity index (χ0v) is 9.75. The Morgan fingerprint density at radius 2 is 1.76 bits per heavy atom. The fraction of sp³-hybridized carbons (Fsp3) is 0.455. The van der Waals surface area contributed by atoms with Crippen LogP contribution in [-0.4, -0.2) is 40.8 Å². The minimum atomic E-state index is -0.896. The smallest absolute Gasteiger partial charge is 0.127 e. The van der Waals surface area contributed by atoms with Gasteiger partial charge in [0.05, 0.1) is 17.5 Å². The lowest BCUT2D eigenvalue weighted by Gasteiger charge is -2.32. The van der Waals surface area contributed by atoms with Crippen LogP contribution in [-0.2, 0) is 0 Å². The van der Waals surface area contributed by atoms with Gasteiger partial charge in [0.1, 0.15) is 11.6 Å². The normalized spacial score (nSPS) is 29.3. The summed E-state index contributed by atoms with van der Waals surface area (Å²) >= 11 is 1.15. The van der Waals surface area contributed by atoms with Gasteiger partial charge in [-0.15, -0.1) is 11.8 Å². The molecule has 3 unspecified atom stereocenters. The maximum Gasteiger partial charge on any atom is 0.127 e. The van der Waals surface area contributed by atoms with Crippen LogP contribution in [0.1, 0.15) is 0 Å². The van der Waals surface area contributed by atoms with Gasteiger partial charge in [0.15, 0.2) is 0 Å². The number of halogens is 2. The average molecular weight is 261 g/mol. The number of hydrogen-bond acceptors (Lipinski definition) is 4. The highest BCUT2D eigenvalue weighted by Gasteiger charge is 2.31. The Bertz CT molecular complexity index is 385. The molecular weight excluding hydrogens is 248 g/mol. The van der Waals surface area contributed by atoms with E-state index in [2.05, 4.69) is 5.32 Å². The van der Waals surface area contributed by atoms with Crippen molar-refractivity contribution in [2.24, 2.45) is 0 Å². The van der Waals surface area contributed by atoms with E-state index < -0.39 is 23.8 Å². The van der Waals surface area contributed by atoms with Crippen LogP contribution in [0.2, 0.25) is 0 Å². The number of aliphatic hydroxyl groups excluding tert-OH is 2. The van der Waals surface area contributed by atoms with E-state index in [1.165, 1.54) is 12.1 Å². The average Bonchev–Trinajstić information content (AvgIpc) is 2.23. The molecule has 1 fully saturated rings. The highest BCUT2D eigenvalue weighted by atomic mass is 32.2. The predicted octanol–water partition coefficient (Wildman–Crippen LogP) is 0.751. The van der Waals surface area contributed by atoms with Crippen LogP contribution in [0.4, 0.5) is 8.78 Å². The Hall–Kier alpha value is -0.690. The van der Waals surface area contributed by atoms with E-state index in [-0.39, 0.29) is 5.25 Å². The molecule has 3 atom stereocenters. The first-order chi connectivity index (χ1) is 8.06. The van der Waals surface area contributed by atoms with Crippen LogP contribution in [0.3, 0.4) is 0 Å². The molecule has 0 saturated carbocycles. The van der Waals surface area contributed by atoms with Gasteiger partial charge in [-0.3, -0.25) is 0 Å². The first-order valence-corrected chi connectivity index (χ1v) is 6.14. The molecule has 6 heteroatoms. The Labute approximate surface area is 102 Å². The Balaban J connectivity index is 2.09. The highest BCUT2D eigenvalue weighted by molar-refractivity contribution is 8.00. The molecule has 0 bridgehead atoms. The van der Waals surface area contributed by atoms with Gasteiger partial charge in [-0.25, -0.2) is 8.78 Å². The van der Waals surface area contributed by atoms with E-state index in [1.54, 1.807) is 0 Å². The van der Waals surface area contributed by atoms with Crippen LogP contribution in [0, 0.1) is 11.6 Å². The number of aliphatic hydroxyl groups is 2. The molecule has 0 spiro atoms. The predicted molar refractivity (Wildman–Crippen MR) is 60.9 cm³/mol. The largest absolute Gasteiger partial charge is 0.389 e. The van der Waals surface area contributed by atoms with Crippen molar-refractivity contribution < 1.29 is 19.0 Å². The van der Waals surface area contributed by atoms with Gasteiger partial charge in [0, 0.05) is 24.1 Å². The van der Waals surface area contributed by atoms with E-state index in [9.17, 15) is 19.0 Å². The molecule has 1 saturated heterocycles. The van der Waals surface area contributed by atoms with Gasteiger partial charge >= 0.3 is 0 Å². The van der Waals surface area contributed by atoms with Crippen LogP contribution in [0.25, 0.3) is 0 Å². The molecule has 2 rings (SSSR count). The number of rotatable bonds is 2. The van der Waals surface area contributed by atoms with Crippen molar-refractivity contribution in [1.82, 2.24) is 5.32 Å². The third-order valence-corrected chi connectivity index (χ3v) is 3.85. The van der Waals surface area contributed by atoms with E-state index in [0.29, 0.717) is 18.0 Å². The number of piperidine rings is 1. The second kappa shape index (κ2) is 5.30. The van der Waals surface area contributed by atoms with Crippen LogP contribution < -0.4 is 5.32 Å². The first-order valence-electron chi connectivity index (χ1n) is 5.26. The number of benzene rings is 1. The molecule has 1 aliphatic rings. The summed E-state index contributed by atoms with van der Waals surface area (Å²) in [4.78, 5) is 0.405. The zero-order valence-electron chi connectivity index (χ0n) is 8.94. The Morgan fingerprint density at radius 1 is 1.12 bits per heavy atom. The molecule has 0 radical (unpaired) electrons. The molecule has 0 aliphatic carbocycles. The standard InChI is InChI=1S/C11H13F2NO2S/c12-6-1-7(13)3-8(2-6)17-10-5-14-4-9(15)11(10)16/h1-3,9-11,14-16H,4-5H2. The summed E-state index contributed by atoms with van der Waals surface area (Å²) in [6.45, 7) is 0.816. The van der Waals surface area contributed by atoms with Gasteiger partial charge in [-0.05, 0) is 12.1 Å². The van der Waals surface area contributed by atoms with Crippen molar-refractivity contribution in [2.45, 2.75) is 22.4 Å². The van der Waals surface area contributed by atoms with Crippen LogP contribution in [0.15, 0.2) is 23.1 Å². The van der Waals surface area contributed by atoms with Gasteiger partial charge in [-0.1, -0.05) is 0 Å². The second-order valence-corrected chi connectivity index (χ2v) is 5.29. The minimum Gasteiger partial charge on any atom is -0.389 e. The van der Waals surface area contributed by atoms with Crippen molar-refractivity contribution in [3.05, 3.63) is 29.8 Å². The molecule has 0 amide bonds. The van der Waals surface area contributed by atoms with Crippen molar-refractivity contribution >= 4 is 11.8 Å². The van der Waals surface area contributed by atoms with Gasteiger partial charge in [0.2, 0.25) is 0 Å². The quantitative estimate of drug-likeness (QED) is 0.735. The molecule has 1 heterocycles. The van der Waals surface area contributed by atoms with Crippen LogP contribution >= 0.6 is 11.8 Å². The number of hydrogen-bond donors (Lipinski definition) is 3. The lowest BCUT2D eigenvalue weighted by molar-refractivity contribution is 0.00464. The number of nitrogens with one attached hydrogen (secondary N) is 1. The topological polar surface area (TPSA) is 52.5 Å². The maximum absolute atomic E-state index is 13.0. The third-order valence-electron chi connectivity index (χ3n) is 2.60. The van der Waals surface area contributed by atoms with E-state index in [0.717, 1.165) is 17.8 Å². The number of β-amino-alcohol motifs (C(OH)–C–C–N with tert-alkyl or cyclic N) is 1. The Morgan fingerprint density at radius 3 is 2.41 bits per heavy atom. The van der Waals surface area contributed by atoms with Crippen molar-refractivity contribution in [3.63, 3.8) is 0 Å². The molecule has 17 heavy (non-hydrogen) atoms. The van der Waals surface area contributed by atoms with Gasteiger partial charge in [-0.2, -0.15) is 0 Å². The lowest BCUT2D eigenvalue weighted by atomic mass is 10.1. The highest BCUT2D eigenvalue weighted by Crippen LogP contribution is 2.28. The summed E-state index contributed by atoms with van der Waals surface area (Å²) < 4.78 is 26.0.